The molecule has 2 fully saturated rings. The molecule has 2 aliphatic rings. The summed E-state index contributed by atoms with van der Waals surface area (Å²) in [5.41, 5.74) is 0. The first-order valence-corrected chi connectivity index (χ1v) is 7.75. The molecule has 0 radical (unpaired) electrons. The minimum atomic E-state index is 0.839. The average molecular weight is 244 g/mol. The number of unbranched alkanes of at least 4 members (excludes halogenated alkanes) is 2. The fraction of sp³-hybridized carbons (Fsp3) is 1.00. The zero-order valence-electron chi connectivity index (χ0n) is 10.5. The molecular weight excluding hydrogens is 218 g/mol. The van der Waals surface area contributed by atoms with Crippen LogP contribution in [0.5, 0.6) is 0 Å². The molecule has 1 nitrogen and oxygen atoms in total. The van der Waals surface area contributed by atoms with Crippen LogP contribution in [0.4, 0.5) is 0 Å². The zero-order chi connectivity index (χ0) is 11.2. The molecule has 1 aliphatic carbocycles. The average Bonchev–Trinajstić information content (AvgIpc) is 2.94. The monoisotopic (exact) mass is 243 g/mol. The van der Waals surface area contributed by atoms with Crippen LogP contribution in [-0.2, 0) is 0 Å². The van der Waals surface area contributed by atoms with Crippen LogP contribution < -0.4 is 0 Å². The van der Waals surface area contributed by atoms with E-state index >= 15 is 0 Å². The van der Waals surface area contributed by atoms with Crippen molar-refractivity contribution in [2.75, 3.05) is 19.0 Å². The summed E-state index contributed by atoms with van der Waals surface area (Å²) in [6.45, 7) is 2.69. The number of likely N-dealkylation sites (tertiary alicyclic amines) is 1. The van der Waals surface area contributed by atoms with Crippen LogP contribution in [-0.4, -0.2) is 29.9 Å². The van der Waals surface area contributed by atoms with Crippen LogP contribution in [0.15, 0.2) is 0 Å². The lowest BCUT2D eigenvalue weighted by Gasteiger charge is -2.29. The second-order valence-electron chi connectivity index (χ2n) is 5.54. The molecule has 1 heterocycles. The second-order valence-corrected chi connectivity index (χ2v) is 5.92. The fourth-order valence-corrected chi connectivity index (χ4v) is 3.78. The van der Waals surface area contributed by atoms with Gasteiger partial charge in [0, 0.05) is 11.9 Å². The van der Waals surface area contributed by atoms with Crippen molar-refractivity contribution in [3.05, 3.63) is 0 Å². The highest BCUT2D eigenvalue weighted by atomic mass is 35.5. The zero-order valence-corrected chi connectivity index (χ0v) is 11.2. The van der Waals surface area contributed by atoms with Crippen molar-refractivity contribution in [1.82, 2.24) is 4.90 Å². The highest BCUT2D eigenvalue weighted by Crippen LogP contribution is 2.35. The molecule has 1 saturated carbocycles. The van der Waals surface area contributed by atoms with Crippen LogP contribution >= 0.6 is 11.6 Å². The highest BCUT2D eigenvalue weighted by molar-refractivity contribution is 6.17. The lowest BCUT2D eigenvalue weighted by Crippen LogP contribution is -2.35. The summed E-state index contributed by atoms with van der Waals surface area (Å²) in [4.78, 5) is 2.78. The number of halogens is 1. The third-order valence-electron chi connectivity index (χ3n) is 4.44. The number of hydrogen-bond acceptors (Lipinski definition) is 1. The summed E-state index contributed by atoms with van der Waals surface area (Å²) in [5.74, 6) is 1.88. The minimum Gasteiger partial charge on any atom is -0.300 e. The van der Waals surface area contributed by atoms with Gasteiger partial charge in [-0.25, -0.2) is 0 Å². The van der Waals surface area contributed by atoms with Gasteiger partial charge in [-0.05, 0) is 57.5 Å². The Kier molecular flexibility index (Phi) is 5.44. The summed E-state index contributed by atoms with van der Waals surface area (Å²) < 4.78 is 0. The maximum Gasteiger partial charge on any atom is 0.0223 e. The van der Waals surface area contributed by atoms with Crippen molar-refractivity contribution in [3.63, 3.8) is 0 Å². The van der Waals surface area contributed by atoms with Gasteiger partial charge in [-0.1, -0.05) is 19.3 Å². The Morgan fingerprint density at radius 1 is 0.938 bits per heavy atom. The van der Waals surface area contributed by atoms with Gasteiger partial charge in [0.2, 0.25) is 0 Å². The molecule has 1 saturated heterocycles. The largest absolute Gasteiger partial charge is 0.300 e. The molecule has 1 atom stereocenters. The van der Waals surface area contributed by atoms with Gasteiger partial charge in [0.15, 0.2) is 0 Å². The van der Waals surface area contributed by atoms with Crippen molar-refractivity contribution in [2.24, 2.45) is 5.92 Å². The molecule has 0 amide bonds. The summed E-state index contributed by atoms with van der Waals surface area (Å²) in [5, 5.41) is 0. The minimum absolute atomic E-state index is 0.839. The van der Waals surface area contributed by atoms with Crippen LogP contribution in [0.2, 0.25) is 0 Å². The third kappa shape index (κ3) is 3.37. The predicted molar refractivity (Wildman–Crippen MR) is 71.1 cm³/mol. The van der Waals surface area contributed by atoms with Crippen molar-refractivity contribution in [2.45, 2.75) is 63.8 Å². The molecule has 0 aromatic carbocycles. The second kappa shape index (κ2) is 6.86. The van der Waals surface area contributed by atoms with Crippen LogP contribution in [0.1, 0.15) is 57.8 Å². The van der Waals surface area contributed by atoms with Gasteiger partial charge in [0.25, 0.3) is 0 Å². The quantitative estimate of drug-likeness (QED) is 0.503. The van der Waals surface area contributed by atoms with E-state index in [1.807, 2.05) is 0 Å². The van der Waals surface area contributed by atoms with Gasteiger partial charge in [0.05, 0.1) is 0 Å². The molecule has 1 unspecified atom stereocenters. The van der Waals surface area contributed by atoms with Gasteiger partial charge in [0.1, 0.15) is 0 Å². The van der Waals surface area contributed by atoms with Crippen molar-refractivity contribution < 1.29 is 0 Å². The standard InChI is InChI=1S/C14H26ClN/c15-10-4-1-5-11-16-12-6-9-14(16)13-7-2-3-8-13/h13-14H,1-12H2. The van der Waals surface area contributed by atoms with Gasteiger partial charge >= 0.3 is 0 Å². The summed E-state index contributed by atoms with van der Waals surface area (Å²) in [6.07, 6.45) is 12.8. The number of alkyl halides is 1. The molecule has 16 heavy (non-hydrogen) atoms. The van der Waals surface area contributed by atoms with E-state index in [1.165, 1.54) is 70.9 Å². The lowest BCUT2D eigenvalue weighted by atomic mass is 9.96. The third-order valence-corrected chi connectivity index (χ3v) is 4.70. The summed E-state index contributed by atoms with van der Waals surface area (Å²) >= 11 is 5.72. The van der Waals surface area contributed by atoms with E-state index < -0.39 is 0 Å². The molecule has 0 spiro atoms. The molecule has 2 rings (SSSR count). The van der Waals surface area contributed by atoms with E-state index in [-0.39, 0.29) is 0 Å². The Bertz CT molecular complexity index is 189. The Morgan fingerprint density at radius 2 is 1.75 bits per heavy atom. The Balaban J connectivity index is 1.70. The maximum absolute atomic E-state index is 5.72. The van der Waals surface area contributed by atoms with E-state index in [1.54, 1.807) is 0 Å². The number of rotatable bonds is 6. The Morgan fingerprint density at radius 3 is 2.50 bits per heavy atom. The van der Waals surface area contributed by atoms with Crippen LogP contribution in [0.25, 0.3) is 0 Å². The van der Waals surface area contributed by atoms with Gasteiger partial charge in [-0.3, -0.25) is 0 Å². The summed E-state index contributed by atoms with van der Waals surface area (Å²) in [6, 6.07) is 0.943. The normalized spacial score (nSPS) is 27.9. The molecule has 0 aromatic rings. The smallest absolute Gasteiger partial charge is 0.0223 e. The molecule has 1 aliphatic heterocycles. The molecular formula is C14H26ClN. The van der Waals surface area contributed by atoms with Gasteiger partial charge in [-0.15, -0.1) is 11.6 Å². The molecule has 0 N–H and O–H groups in total. The van der Waals surface area contributed by atoms with Crippen LogP contribution in [0.3, 0.4) is 0 Å². The topological polar surface area (TPSA) is 3.24 Å². The highest BCUT2D eigenvalue weighted by Gasteiger charge is 2.32. The SMILES string of the molecule is ClCCCCCN1CCCC1C1CCCC1. The van der Waals surface area contributed by atoms with Crippen molar-refractivity contribution in [1.29, 1.82) is 0 Å². The summed E-state index contributed by atoms with van der Waals surface area (Å²) in [7, 11) is 0. The first kappa shape index (κ1) is 12.7. The van der Waals surface area contributed by atoms with E-state index in [0.717, 1.165) is 17.8 Å². The van der Waals surface area contributed by atoms with E-state index in [0.29, 0.717) is 0 Å². The molecule has 94 valence electrons. The van der Waals surface area contributed by atoms with E-state index in [9.17, 15) is 0 Å². The van der Waals surface area contributed by atoms with Gasteiger partial charge in [-0.2, -0.15) is 0 Å². The first-order valence-electron chi connectivity index (χ1n) is 7.22. The van der Waals surface area contributed by atoms with E-state index in [4.69, 9.17) is 11.6 Å². The maximum atomic E-state index is 5.72. The van der Waals surface area contributed by atoms with E-state index in [2.05, 4.69) is 4.90 Å². The molecule has 0 aromatic heterocycles. The first-order chi connectivity index (χ1) is 7.92. The number of nitrogens with zero attached hydrogens (tertiary/aromatic N) is 1. The van der Waals surface area contributed by atoms with Crippen molar-refractivity contribution in [3.8, 4) is 0 Å². The number of hydrogen-bond donors (Lipinski definition) is 0. The molecule has 0 bridgehead atoms. The lowest BCUT2D eigenvalue weighted by molar-refractivity contribution is 0.187. The molecule has 2 heteroatoms. The van der Waals surface area contributed by atoms with Crippen molar-refractivity contribution >= 4 is 11.6 Å². The van der Waals surface area contributed by atoms with Crippen LogP contribution in [0, 0.1) is 5.92 Å². The Hall–Kier alpha value is 0.250. The Labute approximate surface area is 106 Å². The fourth-order valence-electron chi connectivity index (χ4n) is 3.59. The predicted octanol–water partition coefficient (Wildman–Crippen LogP) is 4.05. The van der Waals surface area contributed by atoms with Gasteiger partial charge < -0.3 is 4.90 Å².